The van der Waals surface area contributed by atoms with E-state index in [1.54, 1.807) is 0 Å². The summed E-state index contributed by atoms with van der Waals surface area (Å²) < 4.78 is 24.6. The lowest BCUT2D eigenvalue weighted by atomic mass is 9.97. The number of carbonyl (C=O) groups is 1. The largest absolute Gasteiger partial charge is 0.371 e. The molecule has 2 rings (SSSR count). The zero-order valence-electron chi connectivity index (χ0n) is 12.1. The molecule has 1 fully saturated rings. The van der Waals surface area contributed by atoms with Gasteiger partial charge < -0.3 is 10.6 Å². The first-order valence-corrected chi connectivity index (χ1v) is 8.82. The molecule has 1 aliphatic heterocycles. The van der Waals surface area contributed by atoms with Crippen LogP contribution in [0.2, 0.25) is 0 Å². The maximum absolute atomic E-state index is 11.3. The van der Waals surface area contributed by atoms with Crippen LogP contribution in [0.15, 0.2) is 24.3 Å². The number of hydrogen-bond donors (Lipinski definition) is 2. The summed E-state index contributed by atoms with van der Waals surface area (Å²) >= 11 is 0. The standard InChI is InChI=1S/C14H21N3O3S/c1-21(19,20)16-9-11-4-6-13(7-5-11)17-8-2-3-12(10-17)14(15)18/h4-7,12,16H,2-3,8-10H2,1H3,(H2,15,18)/t12-/m1/s1. The molecule has 1 aromatic rings. The predicted molar refractivity (Wildman–Crippen MR) is 82.3 cm³/mol. The van der Waals surface area contributed by atoms with Gasteiger partial charge in [-0.05, 0) is 30.5 Å². The first-order valence-electron chi connectivity index (χ1n) is 6.93. The lowest BCUT2D eigenvalue weighted by Crippen LogP contribution is -2.41. The van der Waals surface area contributed by atoms with Gasteiger partial charge in [0.25, 0.3) is 0 Å². The van der Waals surface area contributed by atoms with Gasteiger partial charge in [-0.3, -0.25) is 4.79 Å². The average Bonchev–Trinajstić information content (AvgIpc) is 2.45. The van der Waals surface area contributed by atoms with Crippen LogP contribution in [0.4, 0.5) is 5.69 Å². The molecule has 0 radical (unpaired) electrons. The molecule has 1 amide bonds. The number of benzene rings is 1. The molecule has 0 unspecified atom stereocenters. The molecule has 116 valence electrons. The highest BCUT2D eigenvalue weighted by molar-refractivity contribution is 7.88. The topological polar surface area (TPSA) is 92.5 Å². The molecule has 3 N–H and O–H groups in total. The van der Waals surface area contributed by atoms with Crippen LogP contribution in [-0.2, 0) is 21.4 Å². The van der Waals surface area contributed by atoms with Gasteiger partial charge in [0.2, 0.25) is 15.9 Å². The summed E-state index contributed by atoms with van der Waals surface area (Å²) in [4.78, 5) is 13.4. The molecule has 1 aromatic carbocycles. The summed E-state index contributed by atoms with van der Waals surface area (Å²) in [6, 6.07) is 7.67. The minimum Gasteiger partial charge on any atom is -0.371 e. The van der Waals surface area contributed by atoms with Crippen LogP contribution in [0.3, 0.4) is 0 Å². The summed E-state index contributed by atoms with van der Waals surface area (Å²) in [7, 11) is -3.18. The quantitative estimate of drug-likeness (QED) is 0.825. The van der Waals surface area contributed by atoms with Crippen LogP contribution >= 0.6 is 0 Å². The van der Waals surface area contributed by atoms with Gasteiger partial charge in [0, 0.05) is 25.3 Å². The summed E-state index contributed by atoms with van der Waals surface area (Å²) in [5.41, 5.74) is 7.31. The third-order valence-electron chi connectivity index (χ3n) is 3.66. The Balaban J connectivity index is 2.00. The van der Waals surface area contributed by atoms with Gasteiger partial charge in [0.05, 0.1) is 12.2 Å². The first kappa shape index (κ1) is 15.8. The Kier molecular flexibility index (Phi) is 4.84. The molecule has 1 aliphatic rings. The molecule has 21 heavy (non-hydrogen) atoms. The monoisotopic (exact) mass is 311 g/mol. The van der Waals surface area contributed by atoms with Crippen molar-refractivity contribution in [1.82, 2.24) is 4.72 Å². The van der Waals surface area contributed by atoms with Crippen molar-refractivity contribution in [2.45, 2.75) is 19.4 Å². The van der Waals surface area contributed by atoms with E-state index >= 15 is 0 Å². The highest BCUT2D eigenvalue weighted by Crippen LogP contribution is 2.23. The van der Waals surface area contributed by atoms with E-state index in [0.29, 0.717) is 6.54 Å². The Labute approximate surface area is 125 Å². The van der Waals surface area contributed by atoms with E-state index < -0.39 is 10.0 Å². The number of anilines is 1. The smallest absolute Gasteiger partial charge is 0.222 e. The summed E-state index contributed by atoms with van der Waals surface area (Å²) in [5.74, 6) is -0.334. The number of carbonyl (C=O) groups excluding carboxylic acids is 1. The normalized spacial score (nSPS) is 19.5. The molecule has 6 nitrogen and oxygen atoms in total. The summed E-state index contributed by atoms with van der Waals surface area (Å²) in [6.07, 6.45) is 2.94. The second-order valence-electron chi connectivity index (χ2n) is 5.45. The van der Waals surface area contributed by atoms with Crippen molar-refractivity contribution in [2.24, 2.45) is 11.7 Å². The molecule has 0 aliphatic carbocycles. The number of nitrogens with one attached hydrogen (secondary N) is 1. The van der Waals surface area contributed by atoms with Gasteiger partial charge in [0.15, 0.2) is 0 Å². The van der Waals surface area contributed by atoms with E-state index in [4.69, 9.17) is 5.73 Å². The van der Waals surface area contributed by atoms with Gasteiger partial charge in [-0.25, -0.2) is 13.1 Å². The molecule has 0 bridgehead atoms. The SMILES string of the molecule is CS(=O)(=O)NCc1ccc(N2CCC[C@@H](C(N)=O)C2)cc1. The number of nitrogens with two attached hydrogens (primary N) is 1. The summed E-state index contributed by atoms with van der Waals surface area (Å²) in [6.45, 7) is 1.84. The van der Waals surface area contributed by atoms with Gasteiger partial charge in [-0.1, -0.05) is 12.1 Å². The predicted octanol–water partition coefficient (Wildman–Crippen LogP) is 0.438. The van der Waals surface area contributed by atoms with Crippen LogP contribution in [0.5, 0.6) is 0 Å². The first-order chi connectivity index (χ1) is 9.85. The van der Waals surface area contributed by atoms with Crippen LogP contribution in [0.1, 0.15) is 18.4 Å². The zero-order valence-corrected chi connectivity index (χ0v) is 12.9. The molecule has 0 saturated carbocycles. The number of piperidine rings is 1. The summed E-state index contributed by atoms with van der Waals surface area (Å²) in [5, 5.41) is 0. The van der Waals surface area contributed by atoms with Crippen molar-refractivity contribution in [3.8, 4) is 0 Å². The fourth-order valence-electron chi connectivity index (χ4n) is 2.48. The maximum Gasteiger partial charge on any atom is 0.222 e. The molecule has 1 heterocycles. The van der Waals surface area contributed by atoms with Crippen LogP contribution in [-0.4, -0.2) is 33.7 Å². The van der Waals surface area contributed by atoms with Crippen LogP contribution < -0.4 is 15.4 Å². The number of hydrogen-bond acceptors (Lipinski definition) is 4. The van der Waals surface area contributed by atoms with E-state index in [0.717, 1.165) is 36.9 Å². The highest BCUT2D eigenvalue weighted by Gasteiger charge is 2.23. The van der Waals surface area contributed by atoms with Crippen molar-refractivity contribution >= 4 is 21.6 Å². The minimum absolute atomic E-state index is 0.0923. The van der Waals surface area contributed by atoms with Crippen molar-refractivity contribution in [3.05, 3.63) is 29.8 Å². The molecule has 0 spiro atoms. The Morgan fingerprint density at radius 2 is 2.05 bits per heavy atom. The van der Waals surface area contributed by atoms with Crippen molar-refractivity contribution in [1.29, 1.82) is 0 Å². The van der Waals surface area contributed by atoms with E-state index in [1.807, 2.05) is 24.3 Å². The second kappa shape index (κ2) is 6.44. The third-order valence-corrected chi connectivity index (χ3v) is 4.33. The van der Waals surface area contributed by atoms with Crippen LogP contribution in [0, 0.1) is 5.92 Å². The lowest BCUT2D eigenvalue weighted by molar-refractivity contribution is -0.122. The molecular formula is C14H21N3O3S. The Hall–Kier alpha value is -1.60. The molecule has 1 saturated heterocycles. The number of nitrogens with zero attached hydrogens (tertiary/aromatic N) is 1. The van der Waals surface area contributed by atoms with Crippen molar-refractivity contribution in [3.63, 3.8) is 0 Å². The van der Waals surface area contributed by atoms with Gasteiger partial charge in [0.1, 0.15) is 0 Å². The van der Waals surface area contributed by atoms with Crippen molar-refractivity contribution in [2.75, 3.05) is 24.2 Å². The van der Waals surface area contributed by atoms with Crippen molar-refractivity contribution < 1.29 is 13.2 Å². The average molecular weight is 311 g/mol. The third kappa shape index (κ3) is 4.71. The van der Waals surface area contributed by atoms with E-state index in [-0.39, 0.29) is 18.4 Å². The molecule has 1 atom stereocenters. The van der Waals surface area contributed by atoms with E-state index in [9.17, 15) is 13.2 Å². The van der Waals surface area contributed by atoms with Gasteiger partial charge >= 0.3 is 0 Å². The maximum atomic E-state index is 11.3. The van der Waals surface area contributed by atoms with Crippen LogP contribution in [0.25, 0.3) is 0 Å². The highest BCUT2D eigenvalue weighted by atomic mass is 32.2. The van der Waals surface area contributed by atoms with E-state index in [1.165, 1.54) is 0 Å². The van der Waals surface area contributed by atoms with Gasteiger partial charge in [-0.15, -0.1) is 0 Å². The van der Waals surface area contributed by atoms with E-state index in [2.05, 4.69) is 9.62 Å². The second-order valence-corrected chi connectivity index (χ2v) is 7.28. The fraction of sp³-hybridized carbons (Fsp3) is 0.500. The number of sulfonamides is 1. The lowest BCUT2D eigenvalue weighted by Gasteiger charge is -2.33. The molecule has 7 heteroatoms. The molecule has 0 aromatic heterocycles. The zero-order chi connectivity index (χ0) is 15.5. The Morgan fingerprint density at radius 3 is 2.62 bits per heavy atom. The number of primary amides is 1. The fourth-order valence-corrected chi connectivity index (χ4v) is 2.91. The number of amides is 1. The molecular weight excluding hydrogens is 290 g/mol. The Morgan fingerprint density at radius 1 is 1.38 bits per heavy atom. The Bertz CT molecular complexity index is 598. The number of rotatable bonds is 5. The minimum atomic E-state index is -3.18. The van der Waals surface area contributed by atoms with Gasteiger partial charge in [-0.2, -0.15) is 0 Å².